The topological polar surface area (TPSA) is 56.6 Å². The maximum atomic E-state index is 12.4. The largest absolute Gasteiger partial charge is 0.445 e. The van der Waals surface area contributed by atoms with E-state index in [1.54, 1.807) is 4.90 Å². The van der Waals surface area contributed by atoms with Crippen molar-refractivity contribution in [2.75, 3.05) is 25.5 Å². The van der Waals surface area contributed by atoms with Crippen LogP contribution in [0.2, 0.25) is 25.7 Å². The van der Waals surface area contributed by atoms with Gasteiger partial charge in [-0.15, -0.1) is 0 Å². The zero-order valence-electron chi connectivity index (χ0n) is 19.2. The Morgan fingerprint density at radius 3 is 2.48 bits per heavy atom. The first-order valence-electron chi connectivity index (χ1n) is 10.8. The fraction of sp³-hybridized carbons (Fsp3) is 0.565. The molecule has 1 saturated heterocycles. The van der Waals surface area contributed by atoms with Crippen molar-refractivity contribution in [3.8, 4) is 0 Å². The first-order chi connectivity index (χ1) is 14.9. The van der Waals surface area contributed by atoms with Crippen molar-refractivity contribution in [3.05, 3.63) is 54.1 Å². The lowest BCUT2D eigenvalue weighted by molar-refractivity contribution is 0.0777. The Kier molecular flexibility index (Phi) is 10.8. The molecular weight excluding hydrogens is 474 g/mol. The van der Waals surface area contributed by atoms with Crippen LogP contribution in [0.5, 0.6) is 0 Å². The maximum absolute atomic E-state index is 12.4. The number of carbonyl (C=O) groups excluding carboxylic acids is 1. The standard InChI is InChI=1S/C22H33N3O3Si.CH3Br/c1-29(2,3)16-15-27-18-25-14-11-23-21(25)20-9-12-24(13-10-20)22(26)28-17-19-7-5-4-6-8-19;1-2/h4-8,11,14,20H,9-10,12-13,15-18H2,1-3H3;1H3. The molecular formula is C23H36BrN3O3Si. The van der Waals surface area contributed by atoms with Crippen LogP contribution in [-0.4, -0.2) is 54.1 Å². The predicted molar refractivity (Wildman–Crippen MR) is 131 cm³/mol. The minimum atomic E-state index is -1.07. The van der Waals surface area contributed by atoms with E-state index in [2.05, 4.69) is 45.1 Å². The van der Waals surface area contributed by atoms with Crippen molar-refractivity contribution in [1.29, 1.82) is 0 Å². The molecule has 0 aliphatic carbocycles. The maximum Gasteiger partial charge on any atom is 0.410 e. The molecule has 0 N–H and O–H groups in total. The molecule has 2 heterocycles. The molecule has 1 aromatic heterocycles. The first-order valence-corrected chi connectivity index (χ1v) is 16.1. The van der Waals surface area contributed by atoms with Crippen LogP contribution in [0.3, 0.4) is 0 Å². The quantitative estimate of drug-likeness (QED) is 0.259. The zero-order valence-corrected chi connectivity index (χ0v) is 21.8. The molecule has 172 valence electrons. The SMILES string of the molecule is CBr.C[Si](C)(C)CCOCn1ccnc1C1CCN(C(=O)OCc2ccccc2)CC1. The molecule has 0 bridgehead atoms. The third-order valence-electron chi connectivity index (χ3n) is 5.30. The van der Waals surface area contributed by atoms with Crippen LogP contribution in [0.1, 0.15) is 30.1 Å². The number of amides is 1. The van der Waals surface area contributed by atoms with E-state index in [-0.39, 0.29) is 6.09 Å². The number of alkyl halides is 1. The van der Waals surface area contributed by atoms with Crippen LogP contribution in [0, 0.1) is 0 Å². The van der Waals surface area contributed by atoms with Gasteiger partial charge in [-0.3, -0.25) is 0 Å². The molecule has 1 aliphatic rings. The molecule has 0 unspecified atom stereocenters. The Bertz CT molecular complexity index is 772. The summed E-state index contributed by atoms with van der Waals surface area (Å²) in [5, 5.41) is 0. The number of likely N-dealkylation sites (tertiary alicyclic amines) is 1. The van der Waals surface area contributed by atoms with Gasteiger partial charge in [0.25, 0.3) is 0 Å². The summed E-state index contributed by atoms with van der Waals surface area (Å²) >= 11 is 2.94. The van der Waals surface area contributed by atoms with Gasteiger partial charge in [-0.2, -0.15) is 0 Å². The highest BCUT2D eigenvalue weighted by atomic mass is 79.9. The minimum Gasteiger partial charge on any atom is -0.445 e. The van der Waals surface area contributed by atoms with Crippen LogP contribution in [-0.2, 0) is 22.8 Å². The Morgan fingerprint density at radius 2 is 1.84 bits per heavy atom. The van der Waals surface area contributed by atoms with Gasteiger partial charge in [0.1, 0.15) is 19.2 Å². The summed E-state index contributed by atoms with van der Waals surface area (Å²) in [4.78, 5) is 18.7. The summed E-state index contributed by atoms with van der Waals surface area (Å²) in [5.41, 5.74) is 1.01. The second-order valence-corrected chi connectivity index (χ2v) is 14.5. The van der Waals surface area contributed by atoms with Crippen molar-refractivity contribution in [1.82, 2.24) is 14.5 Å². The molecule has 1 amide bonds. The second-order valence-electron chi connectivity index (χ2n) is 8.90. The van der Waals surface area contributed by atoms with E-state index < -0.39 is 8.07 Å². The molecule has 1 aromatic carbocycles. The Labute approximate surface area is 196 Å². The fourth-order valence-electron chi connectivity index (χ4n) is 3.46. The second kappa shape index (κ2) is 13.0. The molecule has 0 atom stereocenters. The van der Waals surface area contributed by atoms with E-state index in [1.807, 2.05) is 48.6 Å². The van der Waals surface area contributed by atoms with Crippen molar-refractivity contribution in [2.45, 2.75) is 57.8 Å². The molecule has 3 rings (SSSR count). The third-order valence-corrected chi connectivity index (χ3v) is 7.00. The van der Waals surface area contributed by atoms with Crippen molar-refractivity contribution in [3.63, 3.8) is 0 Å². The molecule has 2 aromatic rings. The van der Waals surface area contributed by atoms with Gasteiger partial charge < -0.3 is 18.9 Å². The lowest BCUT2D eigenvalue weighted by atomic mass is 9.96. The lowest BCUT2D eigenvalue weighted by Crippen LogP contribution is -2.38. The smallest absolute Gasteiger partial charge is 0.410 e. The number of piperidine rings is 1. The van der Waals surface area contributed by atoms with Crippen LogP contribution in [0.25, 0.3) is 0 Å². The summed E-state index contributed by atoms with van der Waals surface area (Å²) in [6.07, 6.45) is 5.39. The number of carbonyl (C=O) groups is 1. The Hall–Kier alpha value is -1.64. The monoisotopic (exact) mass is 509 g/mol. The first kappa shape index (κ1) is 25.6. The molecule has 0 spiro atoms. The van der Waals surface area contributed by atoms with Gasteiger partial charge in [0.05, 0.1) is 0 Å². The normalized spacial score (nSPS) is 14.7. The van der Waals surface area contributed by atoms with Crippen molar-refractivity contribution in [2.24, 2.45) is 0 Å². The Morgan fingerprint density at radius 1 is 1.16 bits per heavy atom. The molecule has 0 radical (unpaired) electrons. The number of rotatable bonds is 8. The summed E-state index contributed by atoms with van der Waals surface area (Å²) in [5.74, 6) is 3.23. The van der Waals surface area contributed by atoms with Crippen molar-refractivity contribution < 1.29 is 14.3 Å². The van der Waals surface area contributed by atoms with Crippen LogP contribution in [0.15, 0.2) is 42.7 Å². The summed E-state index contributed by atoms with van der Waals surface area (Å²) in [6.45, 7) is 10.1. The zero-order chi connectivity index (χ0) is 22.7. The van der Waals surface area contributed by atoms with Crippen LogP contribution < -0.4 is 0 Å². The Balaban J connectivity index is 0.00000166. The number of hydrogen-bond acceptors (Lipinski definition) is 4. The molecule has 8 heteroatoms. The highest BCUT2D eigenvalue weighted by molar-refractivity contribution is 9.08. The number of hydrogen-bond donors (Lipinski definition) is 0. The van der Waals surface area contributed by atoms with Crippen LogP contribution >= 0.6 is 15.9 Å². The van der Waals surface area contributed by atoms with E-state index in [0.29, 0.717) is 32.3 Å². The average Bonchev–Trinajstić information content (AvgIpc) is 3.25. The van der Waals surface area contributed by atoms with E-state index in [0.717, 1.165) is 30.8 Å². The van der Waals surface area contributed by atoms with E-state index in [4.69, 9.17) is 9.47 Å². The number of ether oxygens (including phenoxy) is 2. The fourth-order valence-corrected chi connectivity index (χ4v) is 4.22. The average molecular weight is 511 g/mol. The predicted octanol–water partition coefficient (Wildman–Crippen LogP) is 5.72. The molecule has 0 saturated carbocycles. The number of benzene rings is 1. The van der Waals surface area contributed by atoms with Gasteiger partial charge in [-0.05, 0) is 30.3 Å². The van der Waals surface area contributed by atoms with Gasteiger partial charge in [-0.25, -0.2) is 9.78 Å². The molecule has 1 fully saturated rings. The van der Waals surface area contributed by atoms with Gasteiger partial charge in [0.2, 0.25) is 0 Å². The number of imidazole rings is 1. The molecule has 6 nitrogen and oxygen atoms in total. The molecule has 31 heavy (non-hydrogen) atoms. The van der Waals surface area contributed by atoms with E-state index in [9.17, 15) is 4.79 Å². The van der Waals surface area contributed by atoms with E-state index >= 15 is 0 Å². The number of aromatic nitrogens is 2. The van der Waals surface area contributed by atoms with E-state index in [1.165, 1.54) is 6.04 Å². The summed E-state index contributed by atoms with van der Waals surface area (Å²) in [6, 6.07) is 10.9. The number of halogens is 1. The highest BCUT2D eigenvalue weighted by Gasteiger charge is 2.27. The third kappa shape index (κ3) is 8.78. The van der Waals surface area contributed by atoms with Gasteiger partial charge in [-0.1, -0.05) is 65.9 Å². The summed E-state index contributed by atoms with van der Waals surface area (Å²) < 4.78 is 13.5. The highest BCUT2D eigenvalue weighted by Crippen LogP contribution is 2.27. The number of nitrogens with zero attached hydrogens (tertiary/aromatic N) is 3. The van der Waals surface area contributed by atoms with Crippen LogP contribution in [0.4, 0.5) is 4.79 Å². The molecule has 1 aliphatic heterocycles. The summed E-state index contributed by atoms with van der Waals surface area (Å²) in [7, 11) is -1.07. The van der Waals surface area contributed by atoms with Gasteiger partial charge >= 0.3 is 6.09 Å². The minimum absolute atomic E-state index is 0.231. The van der Waals surface area contributed by atoms with Crippen molar-refractivity contribution >= 4 is 30.1 Å². The van der Waals surface area contributed by atoms with Gasteiger partial charge in [0, 0.05) is 46.1 Å². The van der Waals surface area contributed by atoms with Gasteiger partial charge in [0.15, 0.2) is 0 Å². The lowest BCUT2D eigenvalue weighted by Gasteiger charge is -2.31.